The molecule has 2 amide bonds. The summed E-state index contributed by atoms with van der Waals surface area (Å²) >= 11 is 7.91. The average Bonchev–Trinajstić information content (AvgIpc) is 3.58. The first kappa shape index (κ1) is 29.4. The Morgan fingerprint density at radius 2 is 1.93 bits per heavy atom. The number of fused-ring (bicyclic) bond motifs is 1. The van der Waals surface area contributed by atoms with E-state index in [1.807, 2.05) is 30.9 Å². The van der Waals surface area contributed by atoms with Gasteiger partial charge in [-0.25, -0.2) is 18.8 Å². The fraction of sp³-hybridized carbons (Fsp3) is 0.393. The quantitative estimate of drug-likeness (QED) is 0.183. The number of pyridine rings is 1. The normalized spacial score (nSPS) is 11.2. The van der Waals surface area contributed by atoms with Crippen molar-refractivity contribution in [1.29, 1.82) is 0 Å². The van der Waals surface area contributed by atoms with Gasteiger partial charge in [-0.3, -0.25) is 4.79 Å². The average molecular weight is 584 g/mol. The third-order valence-corrected chi connectivity index (χ3v) is 7.09. The second-order valence-corrected chi connectivity index (χ2v) is 10.8. The Balaban J connectivity index is 1.54. The van der Waals surface area contributed by atoms with Crippen molar-refractivity contribution >= 4 is 52.0 Å². The van der Waals surface area contributed by atoms with Crippen LogP contribution < -0.4 is 15.4 Å². The molecule has 0 fully saturated rings. The number of nitrogens with one attached hydrogen (secondary N) is 2. The molecule has 1 aromatic carbocycles. The minimum Gasteiger partial charge on any atom is -0.410 e. The summed E-state index contributed by atoms with van der Waals surface area (Å²) in [6.07, 6.45) is 6.14. The number of benzene rings is 1. The molecule has 0 spiro atoms. The number of rotatable bonds is 13. The molecule has 0 aliphatic carbocycles. The van der Waals surface area contributed by atoms with E-state index < -0.39 is 6.09 Å². The van der Waals surface area contributed by atoms with E-state index in [9.17, 15) is 9.59 Å². The third-order valence-electron chi connectivity index (χ3n) is 6.22. The van der Waals surface area contributed by atoms with Crippen molar-refractivity contribution in [3.8, 4) is 17.0 Å². The molecule has 0 radical (unpaired) electrons. The van der Waals surface area contributed by atoms with Gasteiger partial charge in [0.1, 0.15) is 5.75 Å². The van der Waals surface area contributed by atoms with Crippen LogP contribution in [0.4, 0.5) is 10.6 Å². The lowest BCUT2D eigenvalue weighted by Crippen LogP contribution is -2.29. The highest BCUT2D eigenvalue weighted by Gasteiger charge is 2.19. The molecule has 4 rings (SSSR count). The number of halogens is 1. The Kier molecular flexibility index (Phi) is 10.5. The van der Waals surface area contributed by atoms with Crippen LogP contribution in [0, 0.1) is 0 Å². The van der Waals surface area contributed by atoms with Crippen LogP contribution in [0.1, 0.15) is 49.4 Å². The summed E-state index contributed by atoms with van der Waals surface area (Å²) in [7, 11) is 3.97. The van der Waals surface area contributed by atoms with Gasteiger partial charge in [-0.1, -0.05) is 37.8 Å². The van der Waals surface area contributed by atoms with Crippen molar-refractivity contribution < 1.29 is 14.3 Å². The van der Waals surface area contributed by atoms with Crippen LogP contribution >= 0.6 is 23.1 Å². The highest BCUT2D eigenvalue weighted by molar-refractivity contribution is 7.03. The largest absolute Gasteiger partial charge is 0.412 e. The zero-order chi connectivity index (χ0) is 28.5. The molecule has 0 bridgehead atoms. The number of aromatic nitrogens is 4. The van der Waals surface area contributed by atoms with Gasteiger partial charge < -0.3 is 20.3 Å². The summed E-state index contributed by atoms with van der Waals surface area (Å²) in [5.74, 6) is 0.534. The molecule has 3 heterocycles. The van der Waals surface area contributed by atoms with E-state index in [1.165, 1.54) is 17.7 Å². The van der Waals surface area contributed by atoms with Crippen LogP contribution in [0.15, 0.2) is 41.9 Å². The standard InChI is InChI=1S/C28H34ClN7O3S/c1-4-5-6-7-15-36-26-22(25(34-36)33-27(37)20-17-31-40-18-20)16-23(29)24(32-26)19-9-11-21(12-10-19)39-28(38)30-13-8-14-35(2)3/h9-12,16-18H,4-8,13-15H2,1-3H3,(H,30,38)(H,33,34,37). The van der Waals surface area contributed by atoms with Gasteiger partial charge in [-0.15, -0.1) is 0 Å². The molecular weight excluding hydrogens is 550 g/mol. The first-order chi connectivity index (χ1) is 19.4. The van der Waals surface area contributed by atoms with E-state index in [0.29, 0.717) is 52.0 Å². The highest BCUT2D eigenvalue weighted by Crippen LogP contribution is 2.33. The molecule has 3 aromatic heterocycles. The van der Waals surface area contributed by atoms with E-state index >= 15 is 0 Å². The molecule has 212 valence electrons. The predicted octanol–water partition coefficient (Wildman–Crippen LogP) is 6.08. The molecule has 0 saturated carbocycles. The van der Waals surface area contributed by atoms with Gasteiger partial charge in [0.25, 0.3) is 5.91 Å². The summed E-state index contributed by atoms with van der Waals surface area (Å²) in [4.78, 5) is 31.8. The topological polar surface area (TPSA) is 114 Å². The van der Waals surface area contributed by atoms with Crippen LogP contribution in [0.3, 0.4) is 0 Å². The van der Waals surface area contributed by atoms with Crippen molar-refractivity contribution in [3.05, 3.63) is 52.5 Å². The molecular formula is C28H34ClN7O3S. The zero-order valence-electron chi connectivity index (χ0n) is 22.9. The minimum absolute atomic E-state index is 0.288. The highest BCUT2D eigenvalue weighted by atomic mass is 35.5. The maximum absolute atomic E-state index is 12.7. The Morgan fingerprint density at radius 1 is 1.12 bits per heavy atom. The second-order valence-electron chi connectivity index (χ2n) is 9.69. The summed E-state index contributed by atoms with van der Waals surface area (Å²) in [6.45, 7) is 4.25. The van der Waals surface area contributed by atoms with Gasteiger partial charge in [0.15, 0.2) is 11.5 Å². The van der Waals surface area contributed by atoms with Gasteiger partial charge in [-0.05, 0) is 75.3 Å². The van der Waals surface area contributed by atoms with Crippen molar-refractivity contribution in [2.45, 2.75) is 45.6 Å². The number of hydrogen-bond acceptors (Lipinski definition) is 8. The minimum atomic E-state index is -0.496. The lowest BCUT2D eigenvalue weighted by Gasteiger charge is -2.10. The molecule has 2 N–H and O–H groups in total. The van der Waals surface area contributed by atoms with Gasteiger partial charge in [0.2, 0.25) is 0 Å². The predicted molar refractivity (Wildman–Crippen MR) is 159 cm³/mol. The number of anilines is 1. The Hall–Kier alpha value is -3.54. The maximum atomic E-state index is 12.7. The number of amides is 2. The Labute approximate surface area is 242 Å². The van der Waals surface area contributed by atoms with Gasteiger partial charge in [-0.2, -0.15) is 5.10 Å². The maximum Gasteiger partial charge on any atom is 0.412 e. The number of nitrogens with zero attached hydrogens (tertiary/aromatic N) is 5. The Bertz CT molecular complexity index is 1420. The molecule has 0 aliphatic rings. The summed E-state index contributed by atoms with van der Waals surface area (Å²) < 4.78 is 11.2. The fourth-order valence-corrected chi connectivity index (χ4v) is 4.89. The fourth-order valence-electron chi connectivity index (χ4n) is 4.12. The van der Waals surface area contributed by atoms with Crippen molar-refractivity contribution in [2.24, 2.45) is 0 Å². The van der Waals surface area contributed by atoms with Crippen LogP contribution in [-0.2, 0) is 6.54 Å². The van der Waals surface area contributed by atoms with Crippen molar-refractivity contribution in [3.63, 3.8) is 0 Å². The molecule has 4 aromatic rings. The van der Waals surface area contributed by atoms with Gasteiger partial charge >= 0.3 is 6.09 Å². The number of ether oxygens (including phenoxy) is 1. The van der Waals surface area contributed by atoms with Crippen LogP contribution in [0.2, 0.25) is 5.02 Å². The van der Waals surface area contributed by atoms with E-state index in [0.717, 1.165) is 44.2 Å². The molecule has 0 aliphatic heterocycles. The van der Waals surface area contributed by atoms with E-state index in [2.05, 4.69) is 31.9 Å². The number of unbranched alkanes of at least 4 members (excludes halogenated alkanes) is 3. The lowest BCUT2D eigenvalue weighted by atomic mass is 10.1. The number of carbonyl (C=O) groups excluding carboxylic acids is 2. The number of aryl methyl sites for hydroxylation is 1. The van der Waals surface area contributed by atoms with Crippen molar-refractivity contribution in [2.75, 3.05) is 32.5 Å². The summed E-state index contributed by atoms with van der Waals surface area (Å²) in [5, 5.41) is 13.1. The van der Waals surface area contributed by atoms with Crippen LogP contribution in [-0.4, -0.2) is 63.2 Å². The smallest absolute Gasteiger partial charge is 0.410 e. The molecule has 40 heavy (non-hydrogen) atoms. The number of carbonyl (C=O) groups is 2. The molecule has 10 nitrogen and oxygen atoms in total. The van der Waals surface area contributed by atoms with E-state index in [1.54, 1.807) is 23.6 Å². The molecule has 12 heteroatoms. The molecule has 0 unspecified atom stereocenters. The first-order valence-corrected chi connectivity index (χ1v) is 14.6. The zero-order valence-corrected chi connectivity index (χ0v) is 24.5. The SMILES string of the molecule is CCCCCCn1nc(NC(=O)c2cnsc2)c2cc(Cl)c(-c3ccc(OC(=O)NCCCN(C)C)cc3)nc21. The summed E-state index contributed by atoms with van der Waals surface area (Å²) in [6, 6.07) is 8.81. The lowest BCUT2D eigenvalue weighted by molar-refractivity contribution is 0.102. The monoisotopic (exact) mass is 583 g/mol. The molecule has 0 saturated heterocycles. The third kappa shape index (κ3) is 7.77. The Morgan fingerprint density at radius 3 is 2.62 bits per heavy atom. The first-order valence-electron chi connectivity index (χ1n) is 13.3. The molecule has 0 atom stereocenters. The van der Waals surface area contributed by atoms with E-state index in [-0.39, 0.29) is 5.91 Å². The van der Waals surface area contributed by atoms with Crippen molar-refractivity contribution in [1.82, 2.24) is 29.4 Å². The van der Waals surface area contributed by atoms with Gasteiger partial charge in [0, 0.05) is 24.0 Å². The number of hydrogen-bond donors (Lipinski definition) is 2. The second kappa shape index (κ2) is 14.2. The van der Waals surface area contributed by atoms with Gasteiger partial charge in [0.05, 0.1) is 27.9 Å². The summed E-state index contributed by atoms with van der Waals surface area (Å²) in [5.41, 5.74) is 2.44. The van der Waals surface area contributed by atoms with Crippen LogP contribution in [0.25, 0.3) is 22.3 Å². The van der Waals surface area contributed by atoms with Crippen LogP contribution in [0.5, 0.6) is 5.75 Å². The van der Waals surface area contributed by atoms with E-state index in [4.69, 9.17) is 21.3 Å².